The molecule has 0 spiro atoms. The first-order chi connectivity index (χ1) is 10.3. The van der Waals surface area contributed by atoms with Gasteiger partial charge in [0.05, 0.1) is 18.3 Å². The highest BCUT2D eigenvalue weighted by Crippen LogP contribution is 2.29. The van der Waals surface area contributed by atoms with E-state index >= 15 is 0 Å². The fraction of sp³-hybridized carbons (Fsp3) is 0.588. The summed E-state index contributed by atoms with van der Waals surface area (Å²) in [5.74, 6) is 0.745. The number of morpholine rings is 1. The molecule has 114 valence electrons. The first-order valence-corrected chi connectivity index (χ1v) is 7.84. The molecule has 2 aliphatic rings. The molecule has 0 aromatic heterocycles. The molecule has 1 aliphatic heterocycles. The van der Waals surface area contributed by atoms with Crippen molar-refractivity contribution in [3.63, 3.8) is 0 Å². The minimum Gasteiger partial charge on any atom is -0.491 e. The van der Waals surface area contributed by atoms with Gasteiger partial charge >= 0.3 is 0 Å². The molecule has 1 heterocycles. The molecule has 0 N–H and O–H groups in total. The van der Waals surface area contributed by atoms with E-state index in [2.05, 4.69) is 4.90 Å². The van der Waals surface area contributed by atoms with Crippen LogP contribution in [0.5, 0.6) is 5.75 Å². The molecule has 1 saturated heterocycles. The number of para-hydroxylation sites is 1. The molecule has 1 aliphatic carbocycles. The Labute approximate surface area is 126 Å². The Morgan fingerprint density at radius 2 is 2.24 bits per heavy atom. The molecule has 2 fully saturated rings. The highest BCUT2D eigenvalue weighted by molar-refractivity contribution is 5.96. The number of Topliss-reactive ketones (excluding diaryl/α,β-unsaturated/α-hetero) is 1. The molecule has 21 heavy (non-hydrogen) atoms. The van der Waals surface area contributed by atoms with E-state index in [-0.39, 0.29) is 5.78 Å². The van der Waals surface area contributed by atoms with Gasteiger partial charge in [0.2, 0.25) is 0 Å². The van der Waals surface area contributed by atoms with Gasteiger partial charge in [0, 0.05) is 19.1 Å². The fourth-order valence-electron chi connectivity index (χ4n) is 3.44. The van der Waals surface area contributed by atoms with Gasteiger partial charge in [-0.2, -0.15) is 0 Å². The fourth-order valence-corrected chi connectivity index (χ4v) is 3.44. The van der Waals surface area contributed by atoms with Crippen LogP contribution >= 0.6 is 0 Å². The van der Waals surface area contributed by atoms with Gasteiger partial charge in [0.15, 0.2) is 5.78 Å². The highest BCUT2D eigenvalue weighted by Gasteiger charge is 2.35. The van der Waals surface area contributed by atoms with Gasteiger partial charge in [0.25, 0.3) is 0 Å². The number of rotatable bonds is 5. The van der Waals surface area contributed by atoms with E-state index in [0.29, 0.717) is 30.1 Å². The molecule has 1 aromatic carbocycles. The van der Waals surface area contributed by atoms with Crippen LogP contribution in [0.4, 0.5) is 0 Å². The molecule has 0 amide bonds. The third kappa shape index (κ3) is 3.27. The van der Waals surface area contributed by atoms with Crippen LogP contribution in [0.25, 0.3) is 0 Å². The maximum atomic E-state index is 11.6. The Morgan fingerprint density at radius 1 is 1.38 bits per heavy atom. The van der Waals surface area contributed by atoms with Crippen LogP contribution in [-0.4, -0.2) is 49.1 Å². The molecule has 3 rings (SSSR count). The average molecular weight is 289 g/mol. The van der Waals surface area contributed by atoms with Gasteiger partial charge in [-0.1, -0.05) is 12.1 Å². The Bertz CT molecular complexity index is 503. The molecule has 4 nitrogen and oxygen atoms in total. The van der Waals surface area contributed by atoms with Crippen LogP contribution in [0.15, 0.2) is 24.3 Å². The summed E-state index contributed by atoms with van der Waals surface area (Å²) in [6.07, 6.45) is 4.10. The maximum Gasteiger partial charge on any atom is 0.163 e. The van der Waals surface area contributed by atoms with Crippen molar-refractivity contribution in [2.45, 2.75) is 38.3 Å². The van der Waals surface area contributed by atoms with Crippen molar-refractivity contribution >= 4 is 5.78 Å². The topological polar surface area (TPSA) is 38.8 Å². The summed E-state index contributed by atoms with van der Waals surface area (Å²) in [5.41, 5.74) is 0.665. The van der Waals surface area contributed by atoms with Gasteiger partial charge in [0.1, 0.15) is 12.4 Å². The van der Waals surface area contributed by atoms with Crippen LogP contribution in [0.1, 0.15) is 36.5 Å². The second kappa shape index (κ2) is 6.58. The van der Waals surface area contributed by atoms with Gasteiger partial charge < -0.3 is 9.47 Å². The molecule has 0 bridgehead atoms. The van der Waals surface area contributed by atoms with E-state index in [1.165, 1.54) is 19.3 Å². The van der Waals surface area contributed by atoms with E-state index in [1.54, 1.807) is 6.92 Å². The predicted molar refractivity (Wildman–Crippen MR) is 80.9 cm³/mol. The molecular formula is C17H23NO3. The molecule has 0 radical (unpaired) electrons. The number of ketones is 1. The number of carbonyl (C=O) groups is 1. The standard InChI is InChI=1S/C17H23NO3/c1-13(19)14-5-2-3-7-16(14)20-11-9-18-10-12-21-17-8-4-6-15(17)18/h2-3,5,7,15,17H,4,6,8-12H2,1H3. The summed E-state index contributed by atoms with van der Waals surface area (Å²) in [5, 5.41) is 0. The Balaban J connectivity index is 1.55. The van der Waals surface area contributed by atoms with Crippen LogP contribution in [0.2, 0.25) is 0 Å². The number of ether oxygens (including phenoxy) is 2. The van der Waals surface area contributed by atoms with Gasteiger partial charge in [-0.15, -0.1) is 0 Å². The lowest BCUT2D eigenvalue weighted by Gasteiger charge is -2.37. The van der Waals surface area contributed by atoms with Crippen LogP contribution in [0.3, 0.4) is 0 Å². The lowest BCUT2D eigenvalue weighted by Crippen LogP contribution is -2.49. The second-order valence-corrected chi connectivity index (χ2v) is 5.84. The van der Waals surface area contributed by atoms with Crippen molar-refractivity contribution in [3.8, 4) is 5.75 Å². The number of carbonyl (C=O) groups excluding carboxylic acids is 1. The van der Waals surface area contributed by atoms with E-state index in [9.17, 15) is 4.79 Å². The highest BCUT2D eigenvalue weighted by atomic mass is 16.5. The predicted octanol–water partition coefficient (Wildman–Crippen LogP) is 2.52. The maximum absolute atomic E-state index is 11.6. The van der Waals surface area contributed by atoms with Crippen molar-refractivity contribution in [3.05, 3.63) is 29.8 Å². The van der Waals surface area contributed by atoms with Crippen molar-refractivity contribution in [1.29, 1.82) is 0 Å². The van der Waals surface area contributed by atoms with Crippen LogP contribution in [-0.2, 0) is 4.74 Å². The van der Waals surface area contributed by atoms with Crippen molar-refractivity contribution < 1.29 is 14.3 Å². The molecular weight excluding hydrogens is 266 g/mol. The van der Waals surface area contributed by atoms with Crippen molar-refractivity contribution in [2.75, 3.05) is 26.3 Å². The van der Waals surface area contributed by atoms with Crippen molar-refractivity contribution in [1.82, 2.24) is 4.90 Å². The zero-order chi connectivity index (χ0) is 14.7. The molecule has 2 atom stereocenters. The van der Waals surface area contributed by atoms with E-state index in [4.69, 9.17) is 9.47 Å². The van der Waals surface area contributed by atoms with E-state index in [1.807, 2.05) is 24.3 Å². The third-order valence-corrected chi connectivity index (χ3v) is 4.50. The summed E-state index contributed by atoms with van der Waals surface area (Å²) in [7, 11) is 0. The van der Waals surface area contributed by atoms with Crippen LogP contribution in [0, 0.1) is 0 Å². The number of hydrogen-bond donors (Lipinski definition) is 0. The zero-order valence-electron chi connectivity index (χ0n) is 12.6. The number of fused-ring (bicyclic) bond motifs is 1. The molecule has 2 unspecified atom stereocenters. The second-order valence-electron chi connectivity index (χ2n) is 5.84. The van der Waals surface area contributed by atoms with E-state index in [0.717, 1.165) is 19.7 Å². The summed E-state index contributed by atoms with van der Waals surface area (Å²) in [4.78, 5) is 14.1. The summed E-state index contributed by atoms with van der Waals surface area (Å²) >= 11 is 0. The summed E-state index contributed by atoms with van der Waals surface area (Å²) in [6.45, 7) is 4.90. The SMILES string of the molecule is CC(=O)c1ccccc1OCCN1CCOC2CCCC21. The number of benzene rings is 1. The zero-order valence-corrected chi connectivity index (χ0v) is 12.6. The Hall–Kier alpha value is -1.39. The summed E-state index contributed by atoms with van der Waals surface area (Å²) in [6, 6.07) is 8.02. The lowest BCUT2D eigenvalue weighted by molar-refractivity contribution is -0.0583. The third-order valence-electron chi connectivity index (χ3n) is 4.50. The number of hydrogen-bond acceptors (Lipinski definition) is 4. The first kappa shape index (κ1) is 14.5. The Morgan fingerprint density at radius 3 is 3.10 bits per heavy atom. The molecule has 1 aromatic rings. The minimum atomic E-state index is 0.0489. The number of nitrogens with zero attached hydrogens (tertiary/aromatic N) is 1. The van der Waals surface area contributed by atoms with Crippen LogP contribution < -0.4 is 4.74 Å². The lowest BCUT2D eigenvalue weighted by atomic mass is 10.1. The normalized spacial score (nSPS) is 25.6. The average Bonchev–Trinajstić information content (AvgIpc) is 2.97. The largest absolute Gasteiger partial charge is 0.491 e. The van der Waals surface area contributed by atoms with Gasteiger partial charge in [-0.25, -0.2) is 0 Å². The van der Waals surface area contributed by atoms with E-state index < -0.39 is 0 Å². The van der Waals surface area contributed by atoms with Crippen molar-refractivity contribution in [2.24, 2.45) is 0 Å². The summed E-state index contributed by atoms with van der Waals surface area (Å²) < 4.78 is 11.7. The smallest absolute Gasteiger partial charge is 0.163 e. The molecule has 1 saturated carbocycles. The molecule has 4 heteroatoms. The first-order valence-electron chi connectivity index (χ1n) is 7.84. The van der Waals surface area contributed by atoms with Gasteiger partial charge in [-0.05, 0) is 38.3 Å². The monoisotopic (exact) mass is 289 g/mol. The van der Waals surface area contributed by atoms with Gasteiger partial charge in [-0.3, -0.25) is 9.69 Å². The minimum absolute atomic E-state index is 0.0489. The Kier molecular flexibility index (Phi) is 4.56. The quantitative estimate of drug-likeness (QED) is 0.781.